The second-order valence-corrected chi connectivity index (χ2v) is 5.27. The summed E-state index contributed by atoms with van der Waals surface area (Å²) >= 11 is 0. The number of nitrogens with zero attached hydrogens (tertiary/aromatic N) is 1. The molecule has 3 N–H and O–H groups in total. The Hall–Kier alpha value is -3.28. The zero-order chi connectivity index (χ0) is 17.3. The second kappa shape index (κ2) is 6.08. The van der Waals surface area contributed by atoms with Crippen molar-refractivity contribution in [1.29, 1.82) is 0 Å². The minimum Gasteiger partial charge on any atom is -0.508 e. The van der Waals surface area contributed by atoms with Gasteiger partial charge in [0.05, 0.1) is 5.56 Å². The molecular formula is C18H15NO5. The van der Waals surface area contributed by atoms with Crippen LogP contribution in [-0.4, -0.2) is 26.4 Å². The summed E-state index contributed by atoms with van der Waals surface area (Å²) in [6.07, 6.45) is 0.578. The molecule has 0 radical (unpaired) electrons. The minimum atomic E-state index is -1.16. The molecule has 3 aromatic rings. The number of benzene rings is 2. The summed E-state index contributed by atoms with van der Waals surface area (Å²) in [7, 11) is 0. The third-order valence-corrected chi connectivity index (χ3v) is 3.76. The van der Waals surface area contributed by atoms with Crippen molar-refractivity contribution in [1.82, 2.24) is 5.16 Å². The lowest BCUT2D eigenvalue weighted by atomic mass is 9.97. The van der Waals surface area contributed by atoms with Crippen LogP contribution in [0.3, 0.4) is 0 Å². The van der Waals surface area contributed by atoms with E-state index in [9.17, 15) is 20.1 Å². The van der Waals surface area contributed by atoms with Crippen LogP contribution in [0.15, 0.2) is 47.0 Å². The van der Waals surface area contributed by atoms with Gasteiger partial charge in [0, 0.05) is 16.7 Å². The summed E-state index contributed by atoms with van der Waals surface area (Å²) in [5.41, 5.74) is 2.41. The molecule has 0 bridgehead atoms. The molecule has 0 saturated carbocycles. The molecule has 0 aliphatic rings. The van der Waals surface area contributed by atoms with Crippen LogP contribution in [0.2, 0.25) is 0 Å². The van der Waals surface area contributed by atoms with Gasteiger partial charge in [0.1, 0.15) is 17.2 Å². The number of hydrogen-bond acceptors (Lipinski definition) is 5. The number of aromatic nitrogens is 1. The highest BCUT2D eigenvalue weighted by Crippen LogP contribution is 2.35. The Kier molecular flexibility index (Phi) is 3.95. The monoisotopic (exact) mass is 325 g/mol. The lowest BCUT2D eigenvalue weighted by Gasteiger charge is -2.06. The summed E-state index contributed by atoms with van der Waals surface area (Å²) in [4.78, 5) is 11.5. The van der Waals surface area contributed by atoms with E-state index in [1.54, 1.807) is 24.3 Å². The predicted molar refractivity (Wildman–Crippen MR) is 87.0 cm³/mol. The van der Waals surface area contributed by atoms with E-state index < -0.39 is 5.97 Å². The molecule has 6 nitrogen and oxygen atoms in total. The fourth-order valence-electron chi connectivity index (χ4n) is 2.60. The van der Waals surface area contributed by atoms with Crippen molar-refractivity contribution >= 4 is 5.97 Å². The van der Waals surface area contributed by atoms with Gasteiger partial charge in [-0.3, -0.25) is 0 Å². The van der Waals surface area contributed by atoms with Crippen LogP contribution >= 0.6 is 0 Å². The van der Waals surface area contributed by atoms with Gasteiger partial charge in [0.2, 0.25) is 0 Å². The average molecular weight is 325 g/mol. The first-order chi connectivity index (χ1) is 11.5. The van der Waals surface area contributed by atoms with Crippen molar-refractivity contribution in [2.24, 2.45) is 0 Å². The Labute approximate surface area is 137 Å². The molecule has 0 atom stereocenters. The second-order valence-electron chi connectivity index (χ2n) is 5.27. The summed E-state index contributed by atoms with van der Waals surface area (Å²) in [6, 6.07) is 10.6. The van der Waals surface area contributed by atoms with Gasteiger partial charge in [-0.25, -0.2) is 4.79 Å². The highest BCUT2D eigenvalue weighted by Gasteiger charge is 2.22. The van der Waals surface area contributed by atoms with Crippen molar-refractivity contribution in [2.75, 3.05) is 0 Å². The standard InChI is InChI=1S/C18H15NO5/c1-2-13-16(10-3-5-11(20)6-4-10)19-24-17(13)14-8-7-12(21)9-15(14)18(22)23/h3-9,20-21H,2H2,1H3,(H,22,23). The number of phenolic OH excluding ortho intramolecular Hbond substituents is 2. The summed E-state index contributed by atoms with van der Waals surface area (Å²) in [5, 5.41) is 32.4. The molecule has 24 heavy (non-hydrogen) atoms. The van der Waals surface area contributed by atoms with Gasteiger partial charge in [0.15, 0.2) is 5.76 Å². The number of aromatic carboxylic acids is 1. The van der Waals surface area contributed by atoms with E-state index in [-0.39, 0.29) is 17.1 Å². The van der Waals surface area contributed by atoms with Gasteiger partial charge in [-0.05, 0) is 48.9 Å². The van der Waals surface area contributed by atoms with Gasteiger partial charge in [-0.2, -0.15) is 0 Å². The van der Waals surface area contributed by atoms with Crippen LogP contribution in [0.5, 0.6) is 11.5 Å². The molecule has 3 rings (SSSR count). The van der Waals surface area contributed by atoms with Crippen molar-refractivity contribution < 1.29 is 24.6 Å². The van der Waals surface area contributed by atoms with Crippen LogP contribution < -0.4 is 0 Å². The van der Waals surface area contributed by atoms with Gasteiger partial charge < -0.3 is 19.8 Å². The summed E-state index contributed by atoms with van der Waals surface area (Å²) in [5.74, 6) is -0.789. The molecule has 0 aliphatic heterocycles. The molecular weight excluding hydrogens is 310 g/mol. The number of carbonyl (C=O) groups is 1. The van der Waals surface area contributed by atoms with Gasteiger partial charge in [0.25, 0.3) is 0 Å². The van der Waals surface area contributed by atoms with E-state index in [2.05, 4.69) is 5.16 Å². The van der Waals surface area contributed by atoms with E-state index in [0.29, 0.717) is 23.4 Å². The maximum atomic E-state index is 11.5. The van der Waals surface area contributed by atoms with Crippen molar-refractivity contribution in [3.63, 3.8) is 0 Å². The van der Waals surface area contributed by atoms with Crippen molar-refractivity contribution in [3.05, 3.63) is 53.6 Å². The van der Waals surface area contributed by atoms with Crippen LogP contribution in [0, 0.1) is 0 Å². The number of hydrogen-bond donors (Lipinski definition) is 3. The largest absolute Gasteiger partial charge is 0.508 e. The number of aromatic hydroxyl groups is 2. The Morgan fingerprint density at radius 2 is 1.75 bits per heavy atom. The fraction of sp³-hybridized carbons (Fsp3) is 0.111. The highest BCUT2D eigenvalue weighted by molar-refractivity contribution is 5.96. The molecule has 122 valence electrons. The van der Waals surface area contributed by atoms with Crippen LogP contribution in [0.1, 0.15) is 22.8 Å². The molecule has 6 heteroatoms. The van der Waals surface area contributed by atoms with Crippen LogP contribution in [-0.2, 0) is 6.42 Å². The predicted octanol–water partition coefficient (Wildman–Crippen LogP) is 3.68. The van der Waals surface area contributed by atoms with Gasteiger partial charge in [-0.15, -0.1) is 0 Å². The number of phenols is 2. The van der Waals surface area contributed by atoms with E-state index in [0.717, 1.165) is 11.1 Å². The molecule has 0 saturated heterocycles. The van der Waals surface area contributed by atoms with E-state index >= 15 is 0 Å². The zero-order valence-corrected chi connectivity index (χ0v) is 12.9. The van der Waals surface area contributed by atoms with Crippen LogP contribution in [0.4, 0.5) is 0 Å². The molecule has 0 amide bonds. The van der Waals surface area contributed by atoms with Crippen LogP contribution in [0.25, 0.3) is 22.6 Å². The maximum Gasteiger partial charge on any atom is 0.336 e. The van der Waals surface area contributed by atoms with Crippen molar-refractivity contribution in [2.45, 2.75) is 13.3 Å². The maximum absolute atomic E-state index is 11.5. The number of carboxylic acid groups (broad SMARTS) is 1. The van der Waals surface area contributed by atoms with Gasteiger partial charge in [-0.1, -0.05) is 12.1 Å². The molecule has 0 spiro atoms. The quantitative estimate of drug-likeness (QED) is 0.676. The van der Waals surface area contributed by atoms with E-state index in [4.69, 9.17) is 4.52 Å². The molecule has 0 fully saturated rings. The Bertz CT molecular complexity index is 896. The molecule has 1 aromatic heterocycles. The Morgan fingerprint density at radius 1 is 1.08 bits per heavy atom. The fourth-order valence-corrected chi connectivity index (χ4v) is 2.60. The topological polar surface area (TPSA) is 104 Å². The first kappa shape index (κ1) is 15.6. The highest BCUT2D eigenvalue weighted by atomic mass is 16.5. The van der Waals surface area contributed by atoms with Gasteiger partial charge >= 0.3 is 5.97 Å². The number of carboxylic acids is 1. The zero-order valence-electron chi connectivity index (χ0n) is 12.9. The van der Waals surface area contributed by atoms with E-state index in [1.807, 2.05) is 6.92 Å². The average Bonchev–Trinajstić information content (AvgIpc) is 2.99. The third kappa shape index (κ3) is 2.69. The van der Waals surface area contributed by atoms with E-state index in [1.165, 1.54) is 18.2 Å². The molecule has 0 aliphatic carbocycles. The molecule has 2 aromatic carbocycles. The first-order valence-corrected chi connectivity index (χ1v) is 7.36. The first-order valence-electron chi connectivity index (χ1n) is 7.36. The normalized spacial score (nSPS) is 10.7. The SMILES string of the molecule is CCc1c(-c2ccc(O)cc2)noc1-c1ccc(O)cc1C(=O)O. The third-order valence-electron chi connectivity index (χ3n) is 3.76. The molecule has 1 heterocycles. The number of rotatable bonds is 4. The smallest absolute Gasteiger partial charge is 0.336 e. The minimum absolute atomic E-state index is 0.0573. The molecule has 0 unspecified atom stereocenters. The van der Waals surface area contributed by atoms with Crippen molar-refractivity contribution in [3.8, 4) is 34.1 Å². The summed E-state index contributed by atoms with van der Waals surface area (Å²) in [6.45, 7) is 1.92. The lowest BCUT2D eigenvalue weighted by molar-refractivity contribution is 0.0697. The lowest BCUT2D eigenvalue weighted by Crippen LogP contribution is -2.00. The summed E-state index contributed by atoms with van der Waals surface area (Å²) < 4.78 is 5.43. The Morgan fingerprint density at radius 3 is 2.38 bits per heavy atom. The Balaban J connectivity index is 2.17.